The van der Waals surface area contributed by atoms with Crippen molar-refractivity contribution in [3.05, 3.63) is 72.4 Å². The highest BCUT2D eigenvalue weighted by atomic mass is 19.3. The maximum atomic E-state index is 13.5. The molecule has 4 aromatic rings. The van der Waals surface area contributed by atoms with Crippen LogP contribution in [0.15, 0.2) is 66.9 Å². The monoisotopic (exact) mass is 559 g/mol. The number of ether oxygens (including phenoxy) is 4. The number of aromatic nitrogens is 1. The van der Waals surface area contributed by atoms with E-state index in [1.165, 1.54) is 6.20 Å². The molecule has 9 heteroatoms. The Kier molecular flexibility index (Phi) is 8.39. The average molecular weight is 560 g/mol. The minimum Gasteiger partial charge on any atom is -0.493 e. The van der Waals surface area contributed by atoms with Gasteiger partial charge < -0.3 is 24.3 Å². The average Bonchev–Trinajstić information content (AvgIpc) is 3.33. The number of hydrogen-bond acceptors (Lipinski definition) is 7. The number of pyridine rings is 1. The second-order valence-corrected chi connectivity index (χ2v) is 10.0. The number of anilines is 2. The summed E-state index contributed by atoms with van der Waals surface area (Å²) in [6.45, 7) is 0.379. The van der Waals surface area contributed by atoms with Crippen LogP contribution in [0, 0.1) is 17.2 Å². The van der Waals surface area contributed by atoms with Crippen LogP contribution in [0.1, 0.15) is 37.7 Å². The van der Waals surface area contributed by atoms with Crippen molar-refractivity contribution in [2.24, 2.45) is 5.92 Å². The van der Waals surface area contributed by atoms with E-state index in [4.69, 9.17) is 18.9 Å². The highest BCUT2D eigenvalue weighted by molar-refractivity contribution is 5.97. The van der Waals surface area contributed by atoms with E-state index in [0.717, 1.165) is 0 Å². The number of fused-ring (bicyclic) bond motifs is 1. The standard InChI is InChI=1S/C32H31F2N3O4/c1-38-27-10-3-4-11-28(27)41-24-9-5-8-23(15-24)37-31-22(19-35)20-36-26-17-30(29(39-2)16-25(26)31)40-14-6-7-21-12-13-32(33,34)18-21/h3-5,8-11,15-17,20-21H,6-7,12-14,18H2,1-2H3,(H,36,37). The van der Waals surface area contributed by atoms with Gasteiger partial charge in [-0.2, -0.15) is 5.26 Å². The zero-order chi connectivity index (χ0) is 28.8. The third kappa shape index (κ3) is 6.60. The van der Waals surface area contributed by atoms with Gasteiger partial charge in [-0.3, -0.25) is 4.98 Å². The number of benzene rings is 3. The topological polar surface area (TPSA) is 85.6 Å². The molecular formula is C32H31F2N3O4. The summed E-state index contributed by atoms with van der Waals surface area (Å²) in [5, 5.41) is 13.9. The molecule has 0 spiro atoms. The van der Waals surface area contributed by atoms with E-state index in [1.807, 2.05) is 48.5 Å². The molecule has 0 saturated heterocycles. The summed E-state index contributed by atoms with van der Waals surface area (Å²) in [6.07, 6.45) is 3.37. The Morgan fingerprint density at radius 2 is 1.80 bits per heavy atom. The molecule has 7 nitrogen and oxygen atoms in total. The molecule has 0 aliphatic heterocycles. The molecule has 212 valence electrons. The molecule has 1 N–H and O–H groups in total. The first kappa shape index (κ1) is 28.0. The Labute approximate surface area is 237 Å². The summed E-state index contributed by atoms with van der Waals surface area (Å²) < 4.78 is 50.0. The molecule has 1 saturated carbocycles. The van der Waals surface area contributed by atoms with Gasteiger partial charge in [0.2, 0.25) is 5.92 Å². The largest absolute Gasteiger partial charge is 0.493 e. The number of hydrogen-bond donors (Lipinski definition) is 1. The summed E-state index contributed by atoms with van der Waals surface area (Å²) in [6, 6.07) is 20.5. The Bertz CT molecular complexity index is 1570. The summed E-state index contributed by atoms with van der Waals surface area (Å²) in [5.74, 6) is 0.276. The van der Waals surface area contributed by atoms with Crippen molar-refractivity contribution in [2.75, 3.05) is 26.1 Å². The van der Waals surface area contributed by atoms with E-state index in [0.29, 0.717) is 82.5 Å². The molecule has 0 amide bonds. The first-order valence-electron chi connectivity index (χ1n) is 13.5. The fraction of sp³-hybridized carbons (Fsp3) is 0.312. The number of nitrogens with zero attached hydrogens (tertiary/aromatic N) is 2. The molecule has 1 atom stereocenters. The summed E-state index contributed by atoms with van der Waals surface area (Å²) in [7, 11) is 3.13. The van der Waals surface area contributed by atoms with Crippen LogP contribution in [-0.4, -0.2) is 31.7 Å². The first-order valence-corrected chi connectivity index (χ1v) is 13.5. The second-order valence-electron chi connectivity index (χ2n) is 10.0. The maximum absolute atomic E-state index is 13.5. The minimum atomic E-state index is -2.53. The van der Waals surface area contributed by atoms with E-state index in [1.54, 1.807) is 26.4 Å². The normalized spacial score (nSPS) is 15.7. The van der Waals surface area contributed by atoms with Gasteiger partial charge in [0, 0.05) is 42.2 Å². The Balaban J connectivity index is 1.35. The predicted molar refractivity (Wildman–Crippen MR) is 153 cm³/mol. The van der Waals surface area contributed by atoms with Crippen molar-refractivity contribution in [1.29, 1.82) is 5.26 Å². The van der Waals surface area contributed by atoms with Crippen molar-refractivity contribution in [1.82, 2.24) is 4.98 Å². The molecule has 0 bridgehead atoms. The minimum absolute atomic E-state index is 0.0250. The molecule has 1 aliphatic rings. The molecule has 0 radical (unpaired) electrons. The predicted octanol–water partition coefficient (Wildman–Crippen LogP) is 8.25. The van der Waals surface area contributed by atoms with Gasteiger partial charge in [0.15, 0.2) is 23.0 Å². The van der Waals surface area contributed by atoms with E-state index < -0.39 is 5.92 Å². The number of nitrogens with one attached hydrogen (secondary N) is 1. The smallest absolute Gasteiger partial charge is 0.248 e. The first-order chi connectivity index (χ1) is 19.9. The second kappa shape index (κ2) is 12.3. The van der Waals surface area contributed by atoms with Crippen LogP contribution in [0.4, 0.5) is 20.2 Å². The van der Waals surface area contributed by atoms with Crippen molar-refractivity contribution in [2.45, 2.75) is 38.0 Å². The van der Waals surface area contributed by atoms with Crippen molar-refractivity contribution < 1.29 is 27.7 Å². The lowest BCUT2D eigenvalue weighted by molar-refractivity contribution is 0.00450. The Morgan fingerprint density at radius 1 is 1.00 bits per heavy atom. The van der Waals surface area contributed by atoms with Gasteiger partial charge in [0.25, 0.3) is 0 Å². The van der Waals surface area contributed by atoms with E-state index in [2.05, 4.69) is 16.4 Å². The lowest BCUT2D eigenvalue weighted by atomic mass is 10.0. The van der Waals surface area contributed by atoms with E-state index >= 15 is 0 Å². The van der Waals surface area contributed by atoms with Crippen LogP contribution in [0.2, 0.25) is 0 Å². The zero-order valence-electron chi connectivity index (χ0n) is 23.0. The molecular weight excluding hydrogens is 528 g/mol. The summed E-state index contributed by atoms with van der Waals surface area (Å²) in [4.78, 5) is 4.47. The SMILES string of the molecule is COc1cc2c(Nc3cccc(Oc4ccccc4OC)c3)c(C#N)cnc2cc1OCCCC1CCC(F)(F)C1. The van der Waals surface area contributed by atoms with Crippen LogP contribution >= 0.6 is 0 Å². The quantitative estimate of drug-likeness (QED) is 0.185. The van der Waals surface area contributed by atoms with Crippen LogP contribution in [-0.2, 0) is 0 Å². The van der Waals surface area contributed by atoms with Crippen LogP contribution in [0.3, 0.4) is 0 Å². The number of rotatable bonds is 11. The number of alkyl halides is 2. The highest BCUT2D eigenvalue weighted by Gasteiger charge is 2.38. The third-order valence-corrected chi connectivity index (χ3v) is 7.19. The summed E-state index contributed by atoms with van der Waals surface area (Å²) >= 11 is 0. The lowest BCUT2D eigenvalue weighted by Crippen LogP contribution is -2.10. The van der Waals surface area contributed by atoms with Gasteiger partial charge in [0.05, 0.1) is 37.6 Å². The van der Waals surface area contributed by atoms with Gasteiger partial charge in [0.1, 0.15) is 11.8 Å². The molecule has 1 fully saturated rings. The Morgan fingerprint density at radius 3 is 2.54 bits per heavy atom. The highest BCUT2D eigenvalue weighted by Crippen LogP contribution is 2.41. The number of nitriles is 1. The molecule has 41 heavy (non-hydrogen) atoms. The van der Waals surface area contributed by atoms with Crippen molar-refractivity contribution in [3.63, 3.8) is 0 Å². The zero-order valence-corrected chi connectivity index (χ0v) is 23.0. The Hall–Kier alpha value is -4.58. The van der Waals surface area contributed by atoms with Gasteiger partial charge in [-0.05, 0) is 55.5 Å². The fourth-order valence-corrected chi connectivity index (χ4v) is 5.15. The van der Waals surface area contributed by atoms with Gasteiger partial charge in [-0.1, -0.05) is 18.2 Å². The lowest BCUT2D eigenvalue weighted by Gasteiger charge is -2.16. The van der Waals surface area contributed by atoms with Gasteiger partial charge >= 0.3 is 0 Å². The summed E-state index contributed by atoms with van der Waals surface area (Å²) in [5.41, 5.74) is 2.24. The maximum Gasteiger partial charge on any atom is 0.248 e. The van der Waals surface area contributed by atoms with Gasteiger partial charge in [-0.15, -0.1) is 0 Å². The van der Waals surface area contributed by atoms with Crippen LogP contribution in [0.25, 0.3) is 10.9 Å². The molecule has 5 rings (SSSR count). The van der Waals surface area contributed by atoms with Crippen molar-refractivity contribution >= 4 is 22.3 Å². The fourth-order valence-electron chi connectivity index (χ4n) is 5.15. The van der Waals surface area contributed by atoms with E-state index in [-0.39, 0.29) is 18.8 Å². The molecule has 1 heterocycles. The van der Waals surface area contributed by atoms with Crippen molar-refractivity contribution in [3.8, 4) is 34.8 Å². The van der Waals surface area contributed by atoms with E-state index in [9.17, 15) is 14.0 Å². The molecule has 3 aromatic carbocycles. The molecule has 1 aliphatic carbocycles. The van der Waals surface area contributed by atoms with Gasteiger partial charge in [-0.25, -0.2) is 8.78 Å². The molecule has 1 aromatic heterocycles. The third-order valence-electron chi connectivity index (χ3n) is 7.19. The number of methoxy groups -OCH3 is 2. The van der Waals surface area contributed by atoms with Crippen LogP contribution < -0.4 is 24.3 Å². The number of halogens is 2. The molecule has 1 unspecified atom stereocenters. The number of para-hydroxylation sites is 2. The van der Waals surface area contributed by atoms with Crippen LogP contribution in [0.5, 0.6) is 28.7 Å².